The van der Waals surface area contributed by atoms with Gasteiger partial charge in [0.15, 0.2) is 16.3 Å². The number of thiazole rings is 1. The second-order valence-electron chi connectivity index (χ2n) is 10.6. The van der Waals surface area contributed by atoms with Crippen LogP contribution in [0.2, 0.25) is 0 Å². The number of hydrogen-bond donors (Lipinski definition) is 0. The maximum atomic E-state index is 14.1. The van der Waals surface area contributed by atoms with Crippen LogP contribution in [-0.4, -0.2) is 29.2 Å². The average molecular weight is 715 g/mol. The molecule has 0 aliphatic carbocycles. The molecule has 0 amide bonds. The van der Waals surface area contributed by atoms with Gasteiger partial charge in [-0.15, -0.1) is 0 Å². The van der Waals surface area contributed by atoms with E-state index in [1.165, 1.54) is 22.8 Å². The number of aromatic nitrogens is 1. The van der Waals surface area contributed by atoms with Crippen LogP contribution in [0.1, 0.15) is 36.6 Å². The van der Waals surface area contributed by atoms with Crippen molar-refractivity contribution >= 4 is 55.8 Å². The van der Waals surface area contributed by atoms with E-state index in [1.807, 2.05) is 24.3 Å². The molecule has 0 radical (unpaired) electrons. The summed E-state index contributed by atoms with van der Waals surface area (Å²) in [7, 11) is 1.55. The quantitative estimate of drug-likeness (QED) is 0.101. The number of nitro benzene ring substituents is 1. The zero-order valence-electron chi connectivity index (χ0n) is 25.6. The largest absolute Gasteiger partial charge is 0.493 e. The second kappa shape index (κ2) is 13.3. The molecule has 0 bridgehead atoms. The number of esters is 1. The molecule has 4 aromatic carbocycles. The van der Waals surface area contributed by atoms with Crippen LogP contribution in [0.25, 0.3) is 16.8 Å². The molecule has 47 heavy (non-hydrogen) atoms. The molecule has 1 aliphatic rings. The molecule has 2 heterocycles. The molecule has 0 spiro atoms. The first kappa shape index (κ1) is 31.9. The smallest absolute Gasteiger partial charge is 0.338 e. The fourth-order valence-corrected chi connectivity index (χ4v) is 7.04. The van der Waals surface area contributed by atoms with Crippen molar-refractivity contribution in [2.45, 2.75) is 26.5 Å². The Morgan fingerprint density at radius 2 is 1.85 bits per heavy atom. The number of non-ortho nitro benzene ring substituents is 1. The Morgan fingerprint density at radius 3 is 2.62 bits per heavy atom. The van der Waals surface area contributed by atoms with Crippen molar-refractivity contribution in [3.8, 4) is 11.5 Å². The number of hydrogen-bond acceptors (Lipinski definition) is 9. The minimum Gasteiger partial charge on any atom is -0.493 e. The summed E-state index contributed by atoms with van der Waals surface area (Å²) in [6.07, 6.45) is 1.71. The van der Waals surface area contributed by atoms with Gasteiger partial charge in [0.25, 0.3) is 11.2 Å². The number of halogens is 1. The minimum atomic E-state index is -0.977. The SMILES string of the molecule is CCOC(=O)C1=C(C)N=c2s/c(=C/c3cc(OC)c(OCc4cccc5ccccc45)cc3Br)c(=O)n2[C@@H]1c1cccc([N+](=O)[O-])c1. The van der Waals surface area contributed by atoms with Gasteiger partial charge in [0, 0.05) is 16.6 Å². The van der Waals surface area contributed by atoms with Gasteiger partial charge >= 0.3 is 5.97 Å². The Bertz CT molecular complexity index is 2270. The zero-order chi connectivity index (χ0) is 33.2. The summed E-state index contributed by atoms with van der Waals surface area (Å²) < 4.78 is 19.6. The molecule has 1 aromatic heterocycles. The van der Waals surface area contributed by atoms with Gasteiger partial charge in [-0.3, -0.25) is 19.5 Å². The number of benzene rings is 4. The van der Waals surface area contributed by atoms with Gasteiger partial charge in [-0.05, 0) is 59.5 Å². The summed E-state index contributed by atoms with van der Waals surface area (Å²) in [5.74, 6) is 0.347. The highest BCUT2D eigenvalue weighted by Crippen LogP contribution is 2.36. The number of fused-ring (bicyclic) bond motifs is 2. The van der Waals surface area contributed by atoms with E-state index in [2.05, 4.69) is 39.1 Å². The van der Waals surface area contributed by atoms with Gasteiger partial charge in [0.1, 0.15) is 6.61 Å². The van der Waals surface area contributed by atoms with Gasteiger partial charge in [-0.1, -0.05) is 81.9 Å². The molecule has 0 N–H and O–H groups in total. The van der Waals surface area contributed by atoms with Crippen LogP contribution in [0.4, 0.5) is 5.69 Å². The lowest BCUT2D eigenvalue weighted by molar-refractivity contribution is -0.384. The fourth-order valence-electron chi connectivity index (χ4n) is 5.56. The van der Waals surface area contributed by atoms with Gasteiger partial charge < -0.3 is 14.2 Å². The summed E-state index contributed by atoms with van der Waals surface area (Å²) in [5, 5.41) is 13.8. The molecular formula is C35H28BrN3O7S. The molecule has 0 fully saturated rings. The van der Waals surface area contributed by atoms with Crippen molar-refractivity contribution in [3.63, 3.8) is 0 Å². The van der Waals surface area contributed by atoms with Gasteiger partial charge in [-0.2, -0.15) is 0 Å². The van der Waals surface area contributed by atoms with E-state index in [-0.39, 0.29) is 17.9 Å². The zero-order valence-corrected chi connectivity index (χ0v) is 28.0. The van der Waals surface area contributed by atoms with E-state index in [4.69, 9.17) is 14.2 Å². The first-order valence-corrected chi connectivity index (χ1v) is 16.2. The lowest BCUT2D eigenvalue weighted by Crippen LogP contribution is -2.40. The Morgan fingerprint density at radius 1 is 1.09 bits per heavy atom. The lowest BCUT2D eigenvalue weighted by Gasteiger charge is -2.24. The summed E-state index contributed by atoms with van der Waals surface area (Å²) >= 11 is 4.77. The molecule has 1 atom stereocenters. The molecular weight excluding hydrogens is 686 g/mol. The van der Waals surface area contributed by atoms with E-state index < -0.39 is 22.5 Å². The third-order valence-electron chi connectivity index (χ3n) is 7.75. The van der Waals surface area contributed by atoms with Crippen molar-refractivity contribution < 1.29 is 23.9 Å². The van der Waals surface area contributed by atoms with E-state index in [0.29, 0.717) is 48.7 Å². The number of nitro groups is 1. The summed E-state index contributed by atoms with van der Waals surface area (Å²) in [6, 6.07) is 22.6. The van der Waals surface area contributed by atoms with E-state index in [1.54, 1.807) is 45.2 Å². The molecule has 10 nitrogen and oxygen atoms in total. The third-order valence-corrected chi connectivity index (χ3v) is 9.42. The molecule has 6 rings (SSSR count). The van der Waals surface area contributed by atoms with Crippen LogP contribution >= 0.6 is 27.3 Å². The number of rotatable bonds is 9. The second-order valence-corrected chi connectivity index (χ2v) is 12.5. The Labute approximate surface area is 281 Å². The lowest BCUT2D eigenvalue weighted by atomic mass is 9.95. The Kier molecular flexibility index (Phi) is 9.06. The normalized spacial score (nSPS) is 14.5. The van der Waals surface area contributed by atoms with Crippen molar-refractivity contribution in [3.05, 3.63) is 141 Å². The Balaban J connectivity index is 1.41. The summed E-state index contributed by atoms with van der Waals surface area (Å²) in [6.45, 7) is 3.77. The van der Waals surface area contributed by atoms with Crippen molar-refractivity contribution in [2.24, 2.45) is 4.99 Å². The van der Waals surface area contributed by atoms with Crippen molar-refractivity contribution in [2.75, 3.05) is 13.7 Å². The third kappa shape index (κ3) is 6.21. The number of carbonyl (C=O) groups is 1. The molecule has 12 heteroatoms. The van der Waals surface area contributed by atoms with E-state index in [9.17, 15) is 19.7 Å². The van der Waals surface area contributed by atoms with Crippen LogP contribution < -0.4 is 24.4 Å². The van der Waals surface area contributed by atoms with Crippen molar-refractivity contribution in [1.82, 2.24) is 4.57 Å². The first-order chi connectivity index (χ1) is 22.7. The van der Waals surface area contributed by atoms with Crippen LogP contribution in [-0.2, 0) is 16.1 Å². The summed E-state index contributed by atoms with van der Waals surface area (Å²) in [5.41, 5.74) is 1.99. The topological polar surface area (TPSA) is 122 Å². The monoisotopic (exact) mass is 713 g/mol. The van der Waals surface area contributed by atoms with Gasteiger partial charge in [0.05, 0.1) is 40.5 Å². The molecule has 1 aliphatic heterocycles. The van der Waals surface area contributed by atoms with E-state index in [0.717, 1.165) is 27.7 Å². The predicted molar refractivity (Wildman–Crippen MR) is 182 cm³/mol. The molecule has 238 valence electrons. The van der Waals surface area contributed by atoms with Crippen LogP contribution in [0.5, 0.6) is 11.5 Å². The van der Waals surface area contributed by atoms with Gasteiger partial charge in [-0.25, -0.2) is 9.79 Å². The fraction of sp³-hybridized carbons (Fsp3) is 0.171. The predicted octanol–water partition coefficient (Wildman–Crippen LogP) is 6.21. The van der Waals surface area contributed by atoms with Crippen LogP contribution in [0.15, 0.2) is 104 Å². The average Bonchev–Trinajstić information content (AvgIpc) is 3.37. The number of carbonyl (C=O) groups excluding carboxylic acids is 1. The molecule has 5 aromatic rings. The molecule has 0 unspecified atom stereocenters. The van der Waals surface area contributed by atoms with Gasteiger partial charge in [0.2, 0.25) is 0 Å². The maximum Gasteiger partial charge on any atom is 0.338 e. The highest BCUT2D eigenvalue weighted by Gasteiger charge is 2.34. The van der Waals surface area contributed by atoms with Crippen molar-refractivity contribution in [1.29, 1.82) is 0 Å². The van der Waals surface area contributed by atoms with Crippen LogP contribution in [0.3, 0.4) is 0 Å². The minimum absolute atomic E-state index is 0.110. The number of nitrogens with zero attached hydrogens (tertiary/aromatic N) is 3. The van der Waals surface area contributed by atoms with Crippen LogP contribution in [0, 0.1) is 10.1 Å². The molecule has 0 saturated heterocycles. The highest BCUT2D eigenvalue weighted by atomic mass is 79.9. The number of ether oxygens (including phenoxy) is 3. The highest BCUT2D eigenvalue weighted by molar-refractivity contribution is 9.10. The van der Waals surface area contributed by atoms with E-state index >= 15 is 0 Å². The number of methoxy groups -OCH3 is 1. The summed E-state index contributed by atoms with van der Waals surface area (Å²) in [4.78, 5) is 43.2. The first-order valence-electron chi connectivity index (χ1n) is 14.6. The molecule has 0 saturated carbocycles. The standard InChI is InChI=1S/C35H28BrN3O7S/c1-4-45-34(41)31-20(2)37-35-38(32(31)22-11-8-13-25(15-22)39(42)43)33(40)30(47-35)17-24-16-28(44-3)29(18-27(24)36)46-19-23-12-7-10-21-9-5-6-14-26(21)23/h5-18,32H,4,19H2,1-3H3/b30-17+/t32-/m1/s1. The maximum absolute atomic E-state index is 14.1. The number of allylic oxidation sites excluding steroid dienone is 1. The Hall–Kier alpha value is -5.07.